The molecule has 6 heteroatoms. The van der Waals surface area contributed by atoms with Gasteiger partial charge in [-0.1, -0.05) is 6.42 Å². The van der Waals surface area contributed by atoms with E-state index in [-0.39, 0.29) is 17.3 Å². The van der Waals surface area contributed by atoms with Crippen molar-refractivity contribution < 1.29 is 5.11 Å². The quantitative estimate of drug-likeness (QED) is 0.696. The average Bonchev–Trinajstić information content (AvgIpc) is 2.66. The second-order valence-electron chi connectivity index (χ2n) is 4.08. The molecule has 1 heterocycles. The van der Waals surface area contributed by atoms with Crippen LogP contribution in [0, 0.1) is 5.92 Å². The molecule has 0 saturated heterocycles. The van der Waals surface area contributed by atoms with Crippen LogP contribution >= 0.6 is 11.6 Å². The smallest absolute Gasteiger partial charge is 0.224 e. The number of anilines is 2. The van der Waals surface area contributed by atoms with Crippen LogP contribution in [0.15, 0.2) is 6.20 Å². The molecule has 1 aliphatic carbocycles. The van der Waals surface area contributed by atoms with E-state index in [1.807, 2.05) is 0 Å². The molecule has 1 aromatic heterocycles. The van der Waals surface area contributed by atoms with Gasteiger partial charge in [-0.05, 0) is 24.4 Å². The van der Waals surface area contributed by atoms with Crippen molar-refractivity contribution in [3.05, 3.63) is 11.5 Å². The van der Waals surface area contributed by atoms with Gasteiger partial charge >= 0.3 is 0 Å². The van der Waals surface area contributed by atoms with Crippen LogP contribution in [-0.4, -0.2) is 27.7 Å². The van der Waals surface area contributed by atoms with E-state index in [0.29, 0.717) is 18.1 Å². The van der Waals surface area contributed by atoms with Gasteiger partial charge in [0.1, 0.15) is 0 Å². The summed E-state index contributed by atoms with van der Waals surface area (Å²) in [6.07, 6.45) is 4.25. The van der Waals surface area contributed by atoms with Crippen molar-refractivity contribution in [2.75, 3.05) is 17.6 Å². The third kappa shape index (κ3) is 2.54. The minimum atomic E-state index is -0.217. The second-order valence-corrected chi connectivity index (χ2v) is 4.42. The summed E-state index contributed by atoms with van der Waals surface area (Å²) in [5, 5.41) is 12.9. The number of rotatable bonds is 3. The standard InChI is InChI=1S/C10H15ClN4O/c11-10-14-5-7(12)9(15-10)13-4-6-2-1-3-8(6)16/h5-6,8,16H,1-4,12H2,(H,13,14,15). The van der Waals surface area contributed by atoms with Gasteiger partial charge in [0.15, 0.2) is 5.82 Å². The van der Waals surface area contributed by atoms with Gasteiger partial charge in [0, 0.05) is 12.5 Å². The average molecular weight is 243 g/mol. The maximum absolute atomic E-state index is 9.66. The Morgan fingerprint density at radius 2 is 2.38 bits per heavy atom. The predicted octanol–water partition coefficient (Wildman–Crippen LogP) is 1.29. The summed E-state index contributed by atoms with van der Waals surface area (Å²) in [7, 11) is 0. The van der Waals surface area contributed by atoms with Crippen LogP contribution in [0.3, 0.4) is 0 Å². The molecule has 0 amide bonds. The zero-order valence-electron chi connectivity index (χ0n) is 8.86. The summed E-state index contributed by atoms with van der Waals surface area (Å²) in [4.78, 5) is 7.77. The first-order valence-corrected chi connectivity index (χ1v) is 5.74. The molecule has 2 rings (SSSR count). The number of aliphatic hydroxyl groups excluding tert-OH is 1. The monoisotopic (exact) mass is 242 g/mol. The molecule has 2 atom stereocenters. The third-order valence-corrected chi connectivity index (χ3v) is 3.12. The molecule has 1 aromatic rings. The van der Waals surface area contributed by atoms with Crippen molar-refractivity contribution in [3.8, 4) is 0 Å². The number of hydrogen-bond acceptors (Lipinski definition) is 5. The van der Waals surface area contributed by atoms with Gasteiger partial charge in [0.2, 0.25) is 5.28 Å². The van der Waals surface area contributed by atoms with Crippen LogP contribution in [0.25, 0.3) is 0 Å². The summed E-state index contributed by atoms with van der Waals surface area (Å²) in [5.74, 6) is 0.812. The number of hydrogen-bond donors (Lipinski definition) is 3. The molecule has 4 N–H and O–H groups in total. The highest BCUT2D eigenvalue weighted by atomic mass is 35.5. The topological polar surface area (TPSA) is 84.1 Å². The second kappa shape index (κ2) is 4.84. The van der Waals surface area contributed by atoms with E-state index in [9.17, 15) is 5.11 Å². The van der Waals surface area contributed by atoms with Gasteiger partial charge in [0.05, 0.1) is 18.0 Å². The van der Waals surface area contributed by atoms with Gasteiger partial charge in [-0.3, -0.25) is 0 Å². The number of nitrogen functional groups attached to an aromatic ring is 1. The Morgan fingerprint density at radius 1 is 1.56 bits per heavy atom. The van der Waals surface area contributed by atoms with Crippen LogP contribution in [0.5, 0.6) is 0 Å². The molecule has 0 aliphatic heterocycles. The number of nitrogens with one attached hydrogen (secondary N) is 1. The molecule has 0 bridgehead atoms. The Bertz CT molecular complexity index is 374. The van der Waals surface area contributed by atoms with E-state index in [0.717, 1.165) is 19.3 Å². The van der Waals surface area contributed by atoms with Crippen LogP contribution in [0.2, 0.25) is 5.28 Å². The predicted molar refractivity (Wildman–Crippen MR) is 63.3 cm³/mol. The lowest BCUT2D eigenvalue weighted by atomic mass is 10.1. The summed E-state index contributed by atoms with van der Waals surface area (Å²) in [6.45, 7) is 0.665. The minimum Gasteiger partial charge on any atom is -0.394 e. The van der Waals surface area contributed by atoms with E-state index < -0.39 is 0 Å². The van der Waals surface area contributed by atoms with E-state index >= 15 is 0 Å². The van der Waals surface area contributed by atoms with Crippen LogP contribution in [0.4, 0.5) is 11.5 Å². The highest BCUT2D eigenvalue weighted by molar-refractivity contribution is 6.28. The highest BCUT2D eigenvalue weighted by Gasteiger charge is 2.24. The molecule has 1 fully saturated rings. The Labute approximate surface area is 99.0 Å². The molecular weight excluding hydrogens is 228 g/mol. The van der Waals surface area contributed by atoms with Gasteiger partial charge < -0.3 is 16.2 Å². The van der Waals surface area contributed by atoms with Crippen molar-refractivity contribution in [2.45, 2.75) is 25.4 Å². The zero-order valence-corrected chi connectivity index (χ0v) is 9.61. The van der Waals surface area contributed by atoms with Crippen LogP contribution in [0.1, 0.15) is 19.3 Å². The van der Waals surface area contributed by atoms with Gasteiger partial charge in [0.25, 0.3) is 0 Å². The lowest BCUT2D eigenvalue weighted by Gasteiger charge is -2.16. The van der Waals surface area contributed by atoms with Crippen molar-refractivity contribution in [1.82, 2.24) is 9.97 Å². The Kier molecular flexibility index (Phi) is 3.46. The molecule has 2 unspecified atom stereocenters. The molecule has 5 nitrogen and oxygen atoms in total. The van der Waals surface area contributed by atoms with Crippen LogP contribution < -0.4 is 11.1 Å². The van der Waals surface area contributed by atoms with Crippen LogP contribution in [-0.2, 0) is 0 Å². The van der Waals surface area contributed by atoms with E-state index in [4.69, 9.17) is 17.3 Å². The molecule has 0 spiro atoms. The first-order chi connectivity index (χ1) is 7.66. The van der Waals surface area contributed by atoms with Crippen molar-refractivity contribution in [3.63, 3.8) is 0 Å². The molecule has 0 radical (unpaired) electrons. The first-order valence-electron chi connectivity index (χ1n) is 5.37. The van der Waals surface area contributed by atoms with Crippen molar-refractivity contribution >= 4 is 23.1 Å². The van der Waals surface area contributed by atoms with Gasteiger partial charge in [-0.25, -0.2) is 4.98 Å². The third-order valence-electron chi connectivity index (χ3n) is 2.94. The Morgan fingerprint density at radius 3 is 3.06 bits per heavy atom. The molecule has 1 saturated carbocycles. The largest absolute Gasteiger partial charge is 0.394 e. The van der Waals surface area contributed by atoms with Gasteiger partial charge in [-0.15, -0.1) is 0 Å². The first kappa shape index (κ1) is 11.4. The van der Waals surface area contributed by atoms with E-state index in [1.165, 1.54) is 6.20 Å². The lowest BCUT2D eigenvalue weighted by molar-refractivity contribution is 0.138. The van der Waals surface area contributed by atoms with Gasteiger partial charge in [-0.2, -0.15) is 4.98 Å². The maximum atomic E-state index is 9.66. The fourth-order valence-corrected chi connectivity index (χ4v) is 2.13. The number of halogens is 1. The molecule has 1 aliphatic rings. The lowest BCUT2D eigenvalue weighted by Crippen LogP contribution is -2.22. The Hall–Kier alpha value is -1.07. The van der Waals surface area contributed by atoms with E-state index in [1.54, 1.807) is 0 Å². The Balaban J connectivity index is 1.96. The molecular formula is C10H15ClN4O. The molecule has 88 valence electrons. The maximum Gasteiger partial charge on any atom is 0.224 e. The molecule has 16 heavy (non-hydrogen) atoms. The number of nitrogens with two attached hydrogens (primary N) is 1. The number of nitrogens with zero attached hydrogens (tertiary/aromatic N) is 2. The highest BCUT2D eigenvalue weighted by Crippen LogP contribution is 2.26. The fraction of sp³-hybridized carbons (Fsp3) is 0.600. The van der Waals surface area contributed by atoms with Crippen molar-refractivity contribution in [1.29, 1.82) is 0 Å². The normalized spacial score (nSPS) is 24.6. The van der Waals surface area contributed by atoms with E-state index in [2.05, 4.69) is 15.3 Å². The summed E-state index contributed by atoms with van der Waals surface area (Å²) in [6, 6.07) is 0. The summed E-state index contributed by atoms with van der Waals surface area (Å²) in [5.41, 5.74) is 6.17. The number of aliphatic hydroxyl groups is 1. The molecule has 0 aromatic carbocycles. The fourth-order valence-electron chi connectivity index (χ4n) is 1.99. The summed E-state index contributed by atoms with van der Waals surface area (Å²) < 4.78 is 0. The zero-order chi connectivity index (χ0) is 11.5. The number of aromatic nitrogens is 2. The van der Waals surface area contributed by atoms with Crippen molar-refractivity contribution in [2.24, 2.45) is 5.92 Å². The SMILES string of the molecule is Nc1cnc(Cl)nc1NCC1CCCC1O. The summed E-state index contributed by atoms with van der Waals surface area (Å²) >= 11 is 5.67. The minimum absolute atomic E-state index is 0.170.